The van der Waals surface area contributed by atoms with Crippen LogP contribution in [0.3, 0.4) is 0 Å². The smallest absolute Gasteiger partial charge is 0.260 e. The zero-order valence-corrected chi connectivity index (χ0v) is 17.7. The number of carbonyl (C=O) groups excluding carboxylic acids is 1. The molecule has 1 aliphatic heterocycles. The van der Waals surface area contributed by atoms with Crippen LogP contribution in [0.5, 0.6) is 0 Å². The van der Waals surface area contributed by atoms with Crippen molar-refractivity contribution < 1.29 is 4.79 Å². The molecule has 4 rings (SSSR count). The summed E-state index contributed by atoms with van der Waals surface area (Å²) in [5.74, 6) is 1.50. The third-order valence-electron chi connectivity index (χ3n) is 4.76. The molecule has 1 saturated heterocycles. The minimum absolute atomic E-state index is 0.117. The molecule has 1 amide bonds. The van der Waals surface area contributed by atoms with Gasteiger partial charge in [0.15, 0.2) is 5.16 Å². The van der Waals surface area contributed by atoms with E-state index in [2.05, 4.69) is 23.8 Å². The minimum atomic E-state index is -0.139. The molecule has 27 heavy (non-hydrogen) atoms. The van der Waals surface area contributed by atoms with Crippen LogP contribution in [0.4, 0.5) is 0 Å². The number of hydrogen-bond donors (Lipinski definition) is 1. The third kappa shape index (κ3) is 3.97. The van der Waals surface area contributed by atoms with Gasteiger partial charge in [0.1, 0.15) is 4.83 Å². The van der Waals surface area contributed by atoms with Crippen molar-refractivity contribution in [2.45, 2.75) is 25.4 Å². The van der Waals surface area contributed by atoms with Crippen molar-refractivity contribution >= 4 is 50.6 Å². The molecule has 3 aromatic rings. The maximum Gasteiger partial charge on any atom is 0.260 e. The van der Waals surface area contributed by atoms with Crippen molar-refractivity contribution in [3.05, 3.63) is 33.2 Å². The van der Waals surface area contributed by atoms with Gasteiger partial charge in [0.25, 0.3) is 5.56 Å². The Kier molecular flexibility index (Phi) is 5.39. The van der Waals surface area contributed by atoms with Crippen LogP contribution in [0.1, 0.15) is 20.3 Å². The number of thiophene rings is 2. The van der Waals surface area contributed by atoms with Crippen molar-refractivity contribution in [2.75, 3.05) is 18.8 Å². The normalized spacial score (nSPS) is 20.3. The molecule has 3 aromatic heterocycles. The Balaban J connectivity index is 1.50. The molecule has 0 radical (unpaired) electrons. The molecule has 0 unspecified atom stereocenters. The second-order valence-corrected chi connectivity index (χ2v) is 9.98. The topological polar surface area (TPSA) is 66.1 Å². The summed E-state index contributed by atoms with van der Waals surface area (Å²) < 4.78 is 0. The number of H-pyrrole nitrogens is 1. The van der Waals surface area contributed by atoms with Gasteiger partial charge in [-0.15, -0.1) is 22.7 Å². The summed E-state index contributed by atoms with van der Waals surface area (Å²) in [4.78, 5) is 36.3. The van der Waals surface area contributed by atoms with Gasteiger partial charge in [-0.3, -0.25) is 9.59 Å². The zero-order valence-electron chi connectivity index (χ0n) is 15.2. The first kappa shape index (κ1) is 18.7. The predicted molar refractivity (Wildman–Crippen MR) is 114 cm³/mol. The number of thioether (sulfide) groups is 1. The number of nitrogens with zero attached hydrogens (tertiary/aromatic N) is 2. The molecular formula is C19H21N3O2S3. The van der Waals surface area contributed by atoms with E-state index >= 15 is 0 Å². The maximum atomic E-state index is 12.6. The highest BCUT2D eigenvalue weighted by Gasteiger charge is 2.25. The van der Waals surface area contributed by atoms with E-state index in [9.17, 15) is 9.59 Å². The summed E-state index contributed by atoms with van der Waals surface area (Å²) in [6, 6.07) is 3.98. The molecule has 2 atom stereocenters. The first-order valence-electron chi connectivity index (χ1n) is 8.97. The summed E-state index contributed by atoms with van der Waals surface area (Å²) in [6.07, 6.45) is 1.17. The Morgan fingerprint density at radius 2 is 2.11 bits per heavy atom. The van der Waals surface area contributed by atoms with Gasteiger partial charge in [-0.05, 0) is 29.7 Å². The molecule has 5 nitrogen and oxygen atoms in total. The number of hydrogen-bond acceptors (Lipinski definition) is 6. The van der Waals surface area contributed by atoms with Gasteiger partial charge in [0, 0.05) is 28.9 Å². The van der Waals surface area contributed by atoms with E-state index in [4.69, 9.17) is 0 Å². The summed E-state index contributed by atoms with van der Waals surface area (Å²) in [7, 11) is 0. The zero-order chi connectivity index (χ0) is 19.0. The van der Waals surface area contributed by atoms with Gasteiger partial charge in [0.05, 0.1) is 11.1 Å². The van der Waals surface area contributed by atoms with Crippen molar-refractivity contribution in [3.8, 4) is 10.4 Å². The van der Waals surface area contributed by atoms with Gasteiger partial charge >= 0.3 is 0 Å². The van der Waals surface area contributed by atoms with Crippen LogP contribution in [0.25, 0.3) is 20.7 Å². The minimum Gasteiger partial charge on any atom is -0.341 e. The van der Waals surface area contributed by atoms with Crippen molar-refractivity contribution in [3.63, 3.8) is 0 Å². The molecule has 1 fully saturated rings. The van der Waals surface area contributed by atoms with E-state index in [0.717, 1.165) is 28.4 Å². The molecule has 1 aliphatic rings. The molecule has 0 bridgehead atoms. The molecule has 142 valence electrons. The highest BCUT2D eigenvalue weighted by atomic mass is 32.2. The maximum absolute atomic E-state index is 12.6. The van der Waals surface area contributed by atoms with Crippen LogP contribution in [0.15, 0.2) is 32.8 Å². The Labute approximate surface area is 169 Å². The van der Waals surface area contributed by atoms with Crippen LogP contribution in [0, 0.1) is 11.8 Å². The summed E-state index contributed by atoms with van der Waals surface area (Å²) in [6.45, 7) is 6.03. The standard InChI is InChI=1S/C19H21N3O2S3/c1-11-6-12(2)8-22(7-11)15(23)10-27-19-20-17(24)16-13(9-26-18(16)21-19)14-4-3-5-25-14/h3-5,9,11-12H,6-8,10H2,1-2H3,(H,20,21,24)/t11-,12-/m0/s1. The number of carbonyl (C=O) groups is 1. The van der Waals surface area contributed by atoms with E-state index in [1.807, 2.05) is 27.8 Å². The monoisotopic (exact) mass is 419 g/mol. The molecule has 0 aliphatic carbocycles. The van der Waals surface area contributed by atoms with Gasteiger partial charge in [-0.25, -0.2) is 4.98 Å². The van der Waals surface area contributed by atoms with Gasteiger partial charge in [-0.1, -0.05) is 31.7 Å². The first-order chi connectivity index (χ1) is 13.0. The van der Waals surface area contributed by atoms with Crippen molar-refractivity contribution in [1.29, 1.82) is 0 Å². The lowest BCUT2D eigenvalue weighted by Gasteiger charge is -2.34. The Hall–Kier alpha value is -1.64. The largest absolute Gasteiger partial charge is 0.341 e. The fourth-order valence-corrected chi connectivity index (χ4v) is 6.28. The summed E-state index contributed by atoms with van der Waals surface area (Å²) in [5, 5.41) is 5.13. The van der Waals surface area contributed by atoms with Crippen LogP contribution >= 0.6 is 34.4 Å². The number of fused-ring (bicyclic) bond motifs is 1. The Morgan fingerprint density at radius 3 is 2.81 bits per heavy atom. The molecule has 0 saturated carbocycles. The van der Waals surface area contributed by atoms with Gasteiger partial charge in [0.2, 0.25) is 5.91 Å². The number of rotatable bonds is 4. The number of amides is 1. The van der Waals surface area contributed by atoms with Crippen molar-refractivity contribution in [1.82, 2.24) is 14.9 Å². The number of nitrogens with one attached hydrogen (secondary N) is 1. The summed E-state index contributed by atoms with van der Waals surface area (Å²) >= 11 is 4.39. The van der Waals surface area contributed by atoms with Gasteiger partial charge < -0.3 is 9.88 Å². The fraction of sp³-hybridized carbons (Fsp3) is 0.421. The van der Waals surface area contributed by atoms with Gasteiger partial charge in [-0.2, -0.15) is 0 Å². The summed E-state index contributed by atoms with van der Waals surface area (Å²) in [5.41, 5.74) is 0.794. The van der Waals surface area contributed by atoms with Crippen LogP contribution < -0.4 is 5.56 Å². The number of aromatic amines is 1. The molecule has 0 spiro atoms. The van der Waals surface area contributed by atoms with Crippen molar-refractivity contribution in [2.24, 2.45) is 11.8 Å². The van der Waals surface area contributed by atoms with Crippen LogP contribution in [0.2, 0.25) is 0 Å². The van der Waals surface area contributed by atoms with E-state index in [1.54, 1.807) is 11.3 Å². The lowest BCUT2D eigenvalue weighted by atomic mass is 9.92. The molecule has 8 heteroatoms. The highest BCUT2D eigenvalue weighted by Crippen LogP contribution is 2.34. The van der Waals surface area contributed by atoms with Crippen LogP contribution in [-0.2, 0) is 4.79 Å². The quantitative estimate of drug-likeness (QED) is 0.505. The molecular weight excluding hydrogens is 398 g/mol. The average Bonchev–Trinajstić information content (AvgIpc) is 3.28. The first-order valence-corrected chi connectivity index (χ1v) is 11.7. The number of likely N-dealkylation sites (tertiary alicyclic amines) is 1. The van der Waals surface area contributed by atoms with E-state index in [0.29, 0.717) is 28.1 Å². The number of aromatic nitrogens is 2. The second kappa shape index (κ2) is 7.77. The Bertz CT molecular complexity index is 999. The second-order valence-electron chi connectivity index (χ2n) is 7.21. The molecule has 4 heterocycles. The van der Waals surface area contributed by atoms with E-state index in [1.165, 1.54) is 29.5 Å². The SMILES string of the molecule is C[C@H]1C[C@H](C)CN(C(=O)CSc2nc3scc(-c4cccs4)c3c(=O)[nH]2)C1. The lowest BCUT2D eigenvalue weighted by molar-refractivity contribution is -0.130. The molecule has 1 N–H and O–H groups in total. The fourth-order valence-electron chi connectivity index (χ4n) is 3.70. The average molecular weight is 420 g/mol. The molecule has 0 aromatic carbocycles. The number of piperidine rings is 1. The highest BCUT2D eigenvalue weighted by molar-refractivity contribution is 7.99. The predicted octanol–water partition coefficient (Wildman–Crippen LogP) is 4.31. The van der Waals surface area contributed by atoms with E-state index in [-0.39, 0.29) is 11.5 Å². The third-order valence-corrected chi connectivity index (χ3v) is 7.40. The van der Waals surface area contributed by atoms with Crippen LogP contribution in [-0.4, -0.2) is 39.6 Å². The lowest BCUT2D eigenvalue weighted by Crippen LogP contribution is -2.43. The van der Waals surface area contributed by atoms with E-state index < -0.39 is 0 Å². The Morgan fingerprint density at radius 1 is 1.33 bits per heavy atom.